The average Bonchev–Trinajstić information content (AvgIpc) is 2.85. The molecule has 1 aliphatic heterocycles. The van der Waals surface area contributed by atoms with Gasteiger partial charge in [0.05, 0.1) is 9.35 Å². The summed E-state index contributed by atoms with van der Waals surface area (Å²) in [7, 11) is 0. The predicted octanol–water partition coefficient (Wildman–Crippen LogP) is 2.45. The summed E-state index contributed by atoms with van der Waals surface area (Å²) in [6, 6.07) is 1.80. The van der Waals surface area contributed by atoms with Crippen LogP contribution in [0.25, 0.3) is 0 Å². The summed E-state index contributed by atoms with van der Waals surface area (Å²) >= 11 is 4.80. The van der Waals surface area contributed by atoms with Crippen molar-refractivity contribution in [3.8, 4) is 0 Å². The van der Waals surface area contributed by atoms with Crippen LogP contribution in [0.3, 0.4) is 0 Å². The molecule has 1 unspecified atom stereocenters. The van der Waals surface area contributed by atoms with Gasteiger partial charge in [-0.15, -0.1) is 11.3 Å². The Balaban J connectivity index is 1.96. The number of hydrogen-bond acceptors (Lipinski definition) is 3. The second kappa shape index (κ2) is 5.18. The van der Waals surface area contributed by atoms with Gasteiger partial charge in [-0.1, -0.05) is 0 Å². The van der Waals surface area contributed by atoms with Crippen LogP contribution in [0.15, 0.2) is 15.2 Å². The molecule has 92 valence electrons. The number of carboxylic acid groups (broad SMARTS) is 1. The molecule has 1 aliphatic rings. The van der Waals surface area contributed by atoms with Gasteiger partial charge in [-0.25, -0.2) is 0 Å². The summed E-state index contributed by atoms with van der Waals surface area (Å²) in [5.74, 6) is -0.694. The lowest BCUT2D eigenvalue weighted by Crippen LogP contribution is -2.28. The molecule has 2 rings (SSSR count). The molecule has 17 heavy (non-hydrogen) atoms. The Bertz CT molecular complexity index is 446. The number of likely N-dealkylation sites (tertiary alicyclic amines) is 1. The molecule has 0 aromatic carbocycles. The van der Waals surface area contributed by atoms with Crippen LogP contribution in [0.4, 0.5) is 0 Å². The SMILES string of the molecule is O=C(O)CC1CCN(C(=O)c2csc(Br)c2)C1. The van der Waals surface area contributed by atoms with E-state index < -0.39 is 5.97 Å². The Morgan fingerprint density at radius 2 is 2.35 bits per heavy atom. The van der Waals surface area contributed by atoms with Crippen molar-refractivity contribution in [2.75, 3.05) is 13.1 Å². The monoisotopic (exact) mass is 317 g/mol. The number of amides is 1. The van der Waals surface area contributed by atoms with E-state index in [1.165, 1.54) is 11.3 Å². The number of carbonyl (C=O) groups excluding carboxylic acids is 1. The molecule has 1 aromatic heterocycles. The van der Waals surface area contributed by atoms with Crippen molar-refractivity contribution < 1.29 is 14.7 Å². The van der Waals surface area contributed by atoms with E-state index >= 15 is 0 Å². The molecular weight excluding hydrogens is 306 g/mol. The summed E-state index contributed by atoms with van der Waals surface area (Å²) < 4.78 is 0.933. The number of aliphatic carboxylic acids is 1. The van der Waals surface area contributed by atoms with Gasteiger partial charge in [-0.2, -0.15) is 0 Å². The van der Waals surface area contributed by atoms with Crippen molar-refractivity contribution in [3.05, 3.63) is 20.8 Å². The summed E-state index contributed by atoms with van der Waals surface area (Å²) in [6.45, 7) is 1.21. The maximum Gasteiger partial charge on any atom is 0.303 e. The lowest BCUT2D eigenvalue weighted by Gasteiger charge is -2.15. The van der Waals surface area contributed by atoms with Gasteiger partial charge in [0.25, 0.3) is 5.91 Å². The Hall–Kier alpha value is -0.880. The van der Waals surface area contributed by atoms with Crippen molar-refractivity contribution >= 4 is 39.1 Å². The Morgan fingerprint density at radius 3 is 2.94 bits per heavy atom. The van der Waals surface area contributed by atoms with Crippen LogP contribution in [0.2, 0.25) is 0 Å². The summed E-state index contributed by atoms with van der Waals surface area (Å²) in [4.78, 5) is 24.4. The predicted molar refractivity (Wildman–Crippen MR) is 68.3 cm³/mol. The molecule has 4 nitrogen and oxygen atoms in total. The first-order chi connectivity index (χ1) is 8.06. The second-order valence-electron chi connectivity index (χ2n) is 4.14. The highest BCUT2D eigenvalue weighted by Gasteiger charge is 2.28. The maximum atomic E-state index is 12.1. The number of carbonyl (C=O) groups is 2. The fourth-order valence-corrected chi connectivity index (χ4v) is 3.17. The normalized spacial score (nSPS) is 19.6. The first-order valence-corrected chi connectivity index (χ1v) is 6.98. The molecule has 0 bridgehead atoms. The minimum Gasteiger partial charge on any atom is -0.481 e. The smallest absolute Gasteiger partial charge is 0.303 e. The summed E-state index contributed by atoms with van der Waals surface area (Å²) in [6.07, 6.45) is 0.931. The lowest BCUT2D eigenvalue weighted by atomic mass is 10.1. The molecule has 1 N–H and O–H groups in total. The summed E-state index contributed by atoms with van der Waals surface area (Å²) in [5, 5.41) is 10.5. The van der Waals surface area contributed by atoms with Gasteiger partial charge in [-0.3, -0.25) is 9.59 Å². The van der Waals surface area contributed by atoms with E-state index in [2.05, 4.69) is 15.9 Å². The van der Waals surface area contributed by atoms with Crippen LogP contribution in [-0.4, -0.2) is 35.0 Å². The Morgan fingerprint density at radius 1 is 1.59 bits per heavy atom. The van der Waals surface area contributed by atoms with Crippen molar-refractivity contribution in [1.29, 1.82) is 0 Å². The van der Waals surface area contributed by atoms with E-state index in [0.29, 0.717) is 18.7 Å². The van der Waals surface area contributed by atoms with Gasteiger partial charge in [-0.05, 0) is 34.3 Å². The number of nitrogens with zero attached hydrogens (tertiary/aromatic N) is 1. The number of thiophene rings is 1. The van der Waals surface area contributed by atoms with E-state index in [4.69, 9.17) is 5.11 Å². The van der Waals surface area contributed by atoms with Crippen molar-refractivity contribution in [1.82, 2.24) is 4.90 Å². The molecule has 2 heterocycles. The minimum atomic E-state index is -0.789. The van der Waals surface area contributed by atoms with E-state index in [9.17, 15) is 9.59 Å². The largest absolute Gasteiger partial charge is 0.481 e. The van der Waals surface area contributed by atoms with Crippen LogP contribution in [0, 0.1) is 5.92 Å². The minimum absolute atomic E-state index is 0.000149. The van der Waals surface area contributed by atoms with E-state index in [1.807, 2.05) is 5.38 Å². The van der Waals surface area contributed by atoms with Crippen molar-refractivity contribution in [3.63, 3.8) is 0 Å². The average molecular weight is 318 g/mol. The zero-order valence-electron chi connectivity index (χ0n) is 9.06. The molecule has 1 saturated heterocycles. The highest BCUT2D eigenvalue weighted by molar-refractivity contribution is 9.11. The van der Waals surface area contributed by atoms with Gasteiger partial charge in [0, 0.05) is 24.9 Å². The third kappa shape index (κ3) is 3.07. The van der Waals surface area contributed by atoms with Gasteiger partial charge < -0.3 is 10.0 Å². The summed E-state index contributed by atoms with van der Waals surface area (Å²) in [5.41, 5.74) is 0.679. The fraction of sp³-hybridized carbons (Fsp3) is 0.455. The van der Waals surface area contributed by atoms with Crippen LogP contribution in [-0.2, 0) is 4.79 Å². The van der Waals surface area contributed by atoms with Crippen molar-refractivity contribution in [2.45, 2.75) is 12.8 Å². The molecule has 1 fully saturated rings. The van der Waals surface area contributed by atoms with Crippen LogP contribution in [0.5, 0.6) is 0 Å². The first-order valence-electron chi connectivity index (χ1n) is 5.31. The molecule has 0 spiro atoms. The highest BCUT2D eigenvalue weighted by atomic mass is 79.9. The van der Waals surface area contributed by atoms with E-state index in [1.54, 1.807) is 11.0 Å². The molecule has 6 heteroatoms. The van der Waals surface area contributed by atoms with Gasteiger partial charge in [0.15, 0.2) is 0 Å². The maximum absolute atomic E-state index is 12.1. The van der Waals surface area contributed by atoms with E-state index in [-0.39, 0.29) is 18.2 Å². The van der Waals surface area contributed by atoms with Crippen LogP contribution in [0.1, 0.15) is 23.2 Å². The quantitative estimate of drug-likeness (QED) is 0.931. The number of rotatable bonds is 3. The standard InChI is InChI=1S/C11H12BrNO3S/c12-9-4-8(6-17-9)11(16)13-2-1-7(5-13)3-10(14)15/h4,6-7H,1-3,5H2,(H,14,15). The fourth-order valence-electron chi connectivity index (χ4n) is 2.04. The zero-order chi connectivity index (χ0) is 12.4. The third-order valence-electron chi connectivity index (χ3n) is 2.85. The van der Waals surface area contributed by atoms with Crippen LogP contribution >= 0.6 is 27.3 Å². The topological polar surface area (TPSA) is 57.6 Å². The van der Waals surface area contributed by atoms with Gasteiger partial charge >= 0.3 is 5.97 Å². The molecule has 0 saturated carbocycles. The number of hydrogen-bond donors (Lipinski definition) is 1. The zero-order valence-corrected chi connectivity index (χ0v) is 11.5. The van der Waals surface area contributed by atoms with Crippen molar-refractivity contribution in [2.24, 2.45) is 5.92 Å². The molecule has 0 aliphatic carbocycles. The number of carboxylic acids is 1. The molecule has 1 amide bonds. The van der Waals surface area contributed by atoms with E-state index in [0.717, 1.165) is 10.2 Å². The highest BCUT2D eigenvalue weighted by Crippen LogP contribution is 2.25. The first kappa shape index (κ1) is 12.6. The number of halogens is 1. The third-order valence-corrected chi connectivity index (χ3v) is 4.36. The Labute approximate surface area is 111 Å². The molecule has 1 atom stereocenters. The molecule has 0 radical (unpaired) electrons. The Kier molecular flexibility index (Phi) is 3.83. The lowest BCUT2D eigenvalue weighted by molar-refractivity contribution is -0.138. The van der Waals surface area contributed by atoms with Gasteiger partial charge in [0.2, 0.25) is 0 Å². The molecular formula is C11H12BrNO3S. The second-order valence-corrected chi connectivity index (χ2v) is 6.43. The van der Waals surface area contributed by atoms with Crippen LogP contribution < -0.4 is 0 Å². The van der Waals surface area contributed by atoms with Gasteiger partial charge in [0.1, 0.15) is 0 Å². The molecule has 1 aromatic rings.